The second-order valence-corrected chi connectivity index (χ2v) is 7.81. The number of hydrogen-bond acceptors (Lipinski definition) is 3. The molecule has 1 heterocycles. The van der Waals surface area contributed by atoms with Gasteiger partial charge in [-0.1, -0.05) is 6.92 Å². The predicted octanol–water partition coefficient (Wildman–Crippen LogP) is 4.04. The Labute approximate surface area is 163 Å². The zero-order chi connectivity index (χ0) is 19.4. The van der Waals surface area contributed by atoms with E-state index in [0.717, 1.165) is 50.3 Å². The molecule has 2 aliphatic rings. The highest BCUT2D eigenvalue weighted by atomic mass is 16.2. The van der Waals surface area contributed by atoms with Crippen molar-refractivity contribution in [3.8, 4) is 0 Å². The third-order valence-corrected chi connectivity index (χ3v) is 6.21. The number of rotatable bonds is 7. The first-order chi connectivity index (χ1) is 13.1. The molecule has 148 valence electrons. The van der Waals surface area contributed by atoms with Gasteiger partial charge in [-0.15, -0.1) is 0 Å². The SMILES string of the molecule is CCC1CCCCN1C(=O)C1(C(=O)Nc2ccc(N(CC)CC)cc2)CC1. The summed E-state index contributed by atoms with van der Waals surface area (Å²) in [6.07, 6.45) is 5.60. The van der Waals surface area contributed by atoms with Gasteiger partial charge in [0.05, 0.1) is 0 Å². The third-order valence-electron chi connectivity index (χ3n) is 6.21. The van der Waals surface area contributed by atoms with Gasteiger partial charge < -0.3 is 15.1 Å². The minimum atomic E-state index is -0.831. The molecule has 3 rings (SSSR count). The number of piperidine rings is 1. The van der Waals surface area contributed by atoms with Crippen molar-refractivity contribution in [2.45, 2.75) is 65.3 Å². The number of amides is 2. The van der Waals surface area contributed by atoms with Crippen LogP contribution in [0.1, 0.15) is 59.3 Å². The van der Waals surface area contributed by atoms with Gasteiger partial charge in [0.1, 0.15) is 5.41 Å². The number of anilines is 2. The highest BCUT2D eigenvalue weighted by Gasteiger charge is 2.58. The van der Waals surface area contributed by atoms with Gasteiger partial charge in [-0.25, -0.2) is 0 Å². The van der Waals surface area contributed by atoms with E-state index in [1.54, 1.807) is 0 Å². The van der Waals surface area contributed by atoms with Crippen LogP contribution < -0.4 is 10.2 Å². The van der Waals surface area contributed by atoms with Crippen LogP contribution in [0.2, 0.25) is 0 Å². The maximum absolute atomic E-state index is 13.2. The summed E-state index contributed by atoms with van der Waals surface area (Å²) in [5.74, 6) is -0.0881. The molecule has 2 amide bonds. The summed E-state index contributed by atoms with van der Waals surface area (Å²) in [5.41, 5.74) is 1.08. The molecule has 1 unspecified atom stereocenters. The van der Waals surface area contributed by atoms with Crippen LogP contribution in [0.15, 0.2) is 24.3 Å². The van der Waals surface area contributed by atoms with Crippen molar-refractivity contribution >= 4 is 23.2 Å². The fourth-order valence-corrected chi connectivity index (χ4v) is 4.23. The van der Waals surface area contributed by atoms with Crippen molar-refractivity contribution in [1.29, 1.82) is 0 Å². The molecule has 5 heteroatoms. The third kappa shape index (κ3) is 3.97. The minimum absolute atomic E-state index is 0.0475. The standard InChI is InChI=1S/C22H33N3O2/c1-4-18-9-7-8-16-25(18)21(27)22(14-15-22)20(26)23-17-10-12-19(13-11-17)24(5-2)6-3/h10-13,18H,4-9,14-16H2,1-3H3,(H,23,26). The lowest BCUT2D eigenvalue weighted by atomic mass is 9.95. The van der Waals surface area contributed by atoms with Gasteiger partial charge in [-0.3, -0.25) is 9.59 Å². The average molecular weight is 372 g/mol. The van der Waals surface area contributed by atoms with Crippen LogP contribution in [0.25, 0.3) is 0 Å². The number of hydrogen-bond donors (Lipinski definition) is 1. The van der Waals surface area contributed by atoms with Crippen LogP contribution in [-0.4, -0.2) is 42.4 Å². The van der Waals surface area contributed by atoms with Crippen LogP contribution in [0.3, 0.4) is 0 Å². The van der Waals surface area contributed by atoms with Gasteiger partial charge in [-0.05, 0) is 76.6 Å². The molecule has 1 aliphatic carbocycles. The monoisotopic (exact) mass is 371 g/mol. The van der Waals surface area contributed by atoms with Crippen LogP contribution in [-0.2, 0) is 9.59 Å². The van der Waals surface area contributed by atoms with Crippen molar-refractivity contribution in [3.63, 3.8) is 0 Å². The molecule has 0 radical (unpaired) electrons. The van der Waals surface area contributed by atoms with Gasteiger partial charge in [0.25, 0.3) is 0 Å². The van der Waals surface area contributed by atoms with Crippen LogP contribution in [0, 0.1) is 5.41 Å². The number of likely N-dealkylation sites (tertiary alicyclic amines) is 1. The second-order valence-electron chi connectivity index (χ2n) is 7.81. The van der Waals surface area contributed by atoms with Crippen molar-refractivity contribution in [1.82, 2.24) is 4.90 Å². The van der Waals surface area contributed by atoms with Crippen molar-refractivity contribution in [2.24, 2.45) is 5.41 Å². The number of nitrogens with one attached hydrogen (secondary N) is 1. The normalized spacial score (nSPS) is 20.9. The van der Waals surface area contributed by atoms with E-state index in [1.165, 1.54) is 6.42 Å². The maximum Gasteiger partial charge on any atom is 0.240 e. The highest BCUT2D eigenvalue weighted by Crippen LogP contribution is 2.49. The molecule has 0 aromatic heterocycles. The number of carbonyl (C=O) groups excluding carboxylic acids is 2. The summed E-state index contributed by atoms with van der Waals surface area (Å²) in [7, 11) is 0. The number of carbonyl (C=O) groups is 2. The van der Waals surface area contributed by atoms with E-state index in [-0.39, 0.29) is 11.8 Å². The van der Waals surface area contributed by atoms with E-state index in [9.17, 15) is 9.59 Å². The maximum atomic E-state index is 13.2. The van der Waals surface area contributed by atoms with Gasteiger partial charge in [-0.2, -0.15) is 0 Å². The first-order valence-electron chi connectivity index (χ1n) is 10.5. The fraction of sp³-hybridized carbons (Fsp3) is 0.636. The zero-order valence-electron chi connectivity index (χ0n) is 17.0. The summed E-state index contributed by atoms with van der Waals surface area (Å²) < 4.78 is 0. The Kier molecular flexibility index (Phi) is 6.08. The summed E-state index contributed by atoms with van der Waals surface area (Å²) >= 11 is 0. The van der Waals surface area contributed by atoms with Gasteiger partial charge >= 0.3 is 0 Å². The minimum Gasteiger partial charge on any atom is -0.372 e. The van der Waals surface area contributed by atoms with E-state index in [0.29, 0.717) is 18.9 Å². The smallest absolute Gasteiger partial charge is 0.240 e. The van der Waals surface area contributed by atoms with Crippen molar-refractivity contribution < 1.29 is 9.59 Å². The topological polar surface area (TPSA) is 52.7 Å². The fourth-order valence-electron chi connectivity index (χ4n) is 4.23. The molecule has 2 fully saturated rings. The molecule has 1 saturated heterocycles. The van der Waals surface area contributed by atoms with Gasteiger partial charge in [0.15, 0.2) is 0 Å². The molecule has 1 aromatic rings. The molecule has 0 spiro atoms. The van der Waals surface area contributed by atoms with Crippen LogP contribution in [0.4, 0.5) is 11.4 Å². The average Bonchev–Trinajstić information content (AvgIpc) is 3.51. The number of nitrogens with zero attached hydrogens (tertiary/aromatic N) is 2. The summed E-state index contributed by atoms with van der Waals surface area (Å²) in [6.45, 7) is 9.10. The quantitative estimate of drug-likeness (QED) is 0.736. The van der Waals surface area contributed by atoms with Crippen molar-refractivity contribution in [2.75, 3.05) is 29.9 Å². The lowest BCUT2D eigenvalue weighted by Crippen LogP contribution is -2.49. The van der Waals surface area contributed by atoms with Crippen molar-refractivity contribution in [3.05, 3.63) is 24.3 Å². The molecular formula is C22H33N3O2. The van der Waals surface area contributed by atoms with Crippen LogP contribution in [0.5, 0.6) is 0 Å². The molecular weight excluding hydrogens is 338 g/mol. The van der Waals surface area contributed by atoms with Gasteiger partial charge in [0, 0.05) is 37.1 Å². The molecule has 0 bridgehead atoms. The Balaban J connectivity index is 1.67. The second kappa shape index (κ2) is 8.32. The Hall–Kier alpha value is -2.04. The van der Waals surface area contributed by atoms with E-state index in [1.807, 2.05) is 29.2 Å². The van der Waals surface area contributed by atoms with E-state index >= 15 is 0 Å². The van der Waals surface area contributed by atoms with Gasteiger partial charge in [0.2, 0.25) is 11.8 Å². The summed E-state index contributed by atoms with van der Waals surface area (Å²) in [5, 5.41) is 2.99. The molecule has 27 heavy (non-hydrogen) atoms. The predicted molar refractivity (Wildman–Crippen MR) is 110 cm³/mol. The largest absolute Gasteiger partial charge is 0.372 e. The zero-order valence-corrected chi connectivity index (χ0v) is 17.0. The molecule has 1 aromatic carbocycles. The lowest BCUT2D eigenvalue weighted by Gasteiger charge is -2.37. The molecule has 1 saturated carbocycles. The Morgan fingerprint density at radius 2 is 1.78 bits per heavy atom. The lowest BCUT2D eigenvalue weighted by molar-refractivity contribution is -0.145. The van der Waals surface area contributed by atoms with E-state index < -0.39 is 5.41 Å². The molecule has 1 atom stereocenters. The van der Waals surface area contributed by atoms with E-state index in [4.69, 9.17) is 0 Å². The first-order valence-corrected chi connectivity index (χ1v) is 10.5. The van der Waals surface area contributed by atoms with Crippen LogP contribution >= 0.6 is 0 Å². The first kappa shape index (κ1) is 19.7. The molecule has 5 nitrogen and oxygen atoms in total. The summed E-state index contributed by atoms with van der Waals surface area (Å²) in [4.78, 5) is 30.3. The summed E-state index contributed by atoms with van der Waals surface area (Å²) in [6, 6.07) is 8.22. The molecule has 1 aliphatic heterocycles. The molecule has 1 N–H and O–H groups in total. The Morgan fingerprint density at radius 3 is 2.33 bits per heavy atom. The number of benzene rings is 1. The Bertz CT molecular complexity index is 663. The van der Waals surface area contributed by atoms with E-state index in [2.05, 4.69) is 31.0 Å². The highest BCUT2D eigenvalue weighted by molar-refractivity contribution is 6.13. The Morgan fingerprint density at radius 1 is 1.11 bits per heavy atom.